The molecule has 6 nitrogen and oxygen atoms in total. The fraction of sp³-hybridized carbons (Fsp3) is 0.615. The van der Waals surface area contributed by atoms with E-state index in [2.05, 4.69) is 17.2 Å². The minimum atomic E-state index is -0.376. The van der Waals surface area contributed by atoms with Gasteiger partial charge in [-0.1, -0.05) is 43.9 Å². The highest BCUT2D eigenvalue weighted by Crippen LogP contribution is 2.28. The molecule has 0 saturated heterocycles. The summed E-state index contributed by atoms with van der Waals surface area (Å²) >= 11 is 1.40. The predicted octanol–water partition coefficient (Wildman–Crippen LogP) is 4.07. The first-order valence-corrected chi connectivity index (χ1v) is 7.88. The molecule has 0 aliphatic rings. The maximum absolute atomic E-state index is 11.2. The number of imidazole rings is 1. The fourth-order valence-electron chi connectivity index (χ4n) is 2.23. The van der Waals surface area contributed by atoms with Crippen LogP contribution in [0.2, 0.25) is 0 Å². The average Bonchev–Trinajstić information content (AvgIpc) is 2.94. The third-order valence-electron chi connectivity index (χ3n) is 3.28. The molecule has 0 spiro atoms. The lowest BCUT2D eigenvalue weighted by atomic mass is 10.1. The van der Waals surface area contributed by atoms with E-state index in [1.54, 1.807) is 11.6 Å². The molecule has 2 rings (SSSR count). The van der Waals surface area contributed by atoms with Crippen LogP contribution in [-0.2, 0) is 0 Å². The quantitative estimate of drug-likeness (QED) is 0.452. The average molecular weight is 296 g/mol. The third kappa shape index (κ3) is 3.27. The van der Waals surface area contributed by atoms with Gasteiger partial charge < -0.3 is 15.4 Å². The second-order valence-corrected chi connectivity index (χ2v) is 5.86. The Balaban J connectivity index is 2.03. The highest BCUT2D eigenvalue weighted by atomic mass is 32.1. The number of rotatable bonds is 8. The van der Waals surface area contributed by atoms with Gasteiger partial charge in [-0.25, -0.2) is 0 Å². The van der Waals surface area contributed by atoms with E-state index in [9.17, 15) is 10.1 Å². The Labute approximate surface area is 122 Å². The first kappa shape index (κ1) is 14.8. The summed E-state index contributed by atoms with van der Waals surface area (Å²) in [6, 6.07) is 0.190. The van der Waals surface area contributed by atoms with Gasteiger partial charge in [0.25, 0.3) is 4.96 Å². The number of nitrogens with one attached hydrogen (secondary N) is 1. The SMILES string of the molecule is CCCCCCC(C)Nc1nc2sccn2c1[N+](=O)[O-]. The van der Waals surface area contributed by atoms with Crippen molar-refractivity contribution in [3.05, 3.63) is 21.7 Å². The molecule has 2 heterocycles. The van der Waals surface area contributed by atoms with Gasteiger partial charge in [0.15, 0.2) is 0 Å². The van der Waals surface area contributed by atoms with Crippen molar-refractivity contribution in [1.29, 1.82) is 0 Å². The molecule has 1 unspecified atom stereocenters. The van der Waals surface area contributed by atoms with Crippen LogP contribution in [0.4, 0.5) is 11.6 Å². The largest absolute Gasteiger partial charge is 0.372 e. The number of aromatic nitrogens is 2. The second-order valence-electron chi connectivity index (χ2n) is 4.99. The molecule has 0 radical (unpaired) electrons. The Morgan fingerprint density at radius 2 is 2.30 bits per heavy atom. The number of nitrogens with zero attached hydrogens (tertiary/aromatic N) is 3. The molecule has 110 valence electrons. The summed E-state index contributed by atoms with van der Waals surface area (Å²) < 4.78 is 1.52. The van der Waals surface area contributed by atoms with Gasteiger partial charge in [-0.15, -0.1) is 0 Å². The number of nitro groups is 1. The Morgan fingerprint density at radius 3 is 3.00 bits per heavy atom. The van der Waals surface area contributed by atoms with Crippen LogP contribution in [0.1, 0.15) is 46.0 Å². The molecular formula is C13H20N4O2S. The summed E-state index contributed by atoms with van der Waals surface area (Å²) in [5.74, 6) is 0.409. The van der Waals surface area contributed by atoms with Gasteiger partial charge in [-0.05, 0) is 18.3 Å². The van der Waals surface area contributed by atoms with Crippen LogP contribution in [0, 0.1) is 10.1 Å². The zero-order chi connectivity index (χ0) is 14.5. The van der Waals surface area contributed by atoms with Crippen LogP contribution >= 0.6 is 11.3 Å². The lowest BCUT2D eigenvalue weighted by molar-refractivity contribution is -0.389. The van der Waals surface area contributed by atoms with Gasteiger partial charge in [-0.3, -0.25) is 0 Å². The molecule has 0 bridgehead atoms. The monoisotopic (exact) mass is 296 g/mol. The number of hydrogen-bond donors (Lipinski definition) is 1. The van der Waals surface area contributed by atoms with Crippen molar-refractivity contribution in [3.63, 3.8) is 0 Å². The van der Waals surface area contributed by atoms with E-state index < -0.39 is 0 Å². The standard InChI is InChI=1S/C13H20N4O2S/c1-3-4-5-6-7-10(2)14-11-12(17(18)19)16-8-9-20-13(16)15-11/h8-10,14H,3-7H2,1-2H3. The Morgan fingerprint density at radius 1 is 1.50 bits per heavy atom. The minimum absolute atomic E-state index is 0.0293. The molecule has 20 heavy (non-hydrogen) atoms. The molecule has 2 aromatic heterocycles. The molecule has 7 heteroatoms. The van der Waals surface area contributed by atoms with Gasteiger partial charge >= 0.3 is 5.82 Å². The van der Waals surface area contributed by atoms with Crippen molar-refractivity contribution in [2.75, 3.05) is 5.32 Å². The first-order chi connectivity index (χ1) is 9.63. The Hall–Kier alpha value is -1.63. The van der Waals surface area contributed by atoms with Gasteiger partial charge in [-0.2, -0.15) is 9.38 Å². The Kier molecular flexibility index (Phi) is 4.94. The summed E-state index contributed by atoms with van der Waals surface area (Å²) in [5.41, 5.74) is 0. The van der Waals surface area contributed by atoms with E-state index in [1.165, 1.54) is 35.0 Å². The summed E-state index contributed by atoms with van der Waals surface area (Å²) in [6.45, 7) is 4.23. The van der Waals surface area contributed by atoms with Crippen molar-refractivity contribution in [2.45, 2.75) is 52.0 Å². The lowest BCUT2D eigenvalue weighted by Crippen LogP contribution is -2.16. The van der Waals surface area contributed by atoms with E-state index >= 15 is 0 Å². The van der Waals surface area contributed by atoms with Gasteiger partial charge in [0.05, 0.1) is 0 Å². The maximum atomic E-state index is 11.2. The molecule has 1 N–H and O–H groups in total. The first-order valence-electron chi connectivity index (χ1n) is 7.00. The maximum Gasteiger partial charge on any atom is 0.372 e. The second kappa shape index (κ2) is 6.69. The van der Waals surface area contributed by atoms with Crippen molar-refractivity contribution in [1.82, 2.24) is 9.38 Å². The minimum Gasteiger partial charge on any atom is -0.360 e. The highest BCUT2D eigenvalue weighted by Gasteiger charge is 2.24. The molecule has 0 amide bonds. The zero-order valence-electron chi connectivity index (χ0n) is 11.8. The van der Waals surface area contributed by atoms with Crippen LogP contribution < -0.4 is 5.32 Å². The summed E-state index contributed by atoms with van der Waals surface area (Å²) in [7, 11) is 0. The molecule has 0 aromatic carbocycles. The smallest absolute Gasteiger partial charge is 0.360 e. The number of fused-ring (bicyclic) bond motifs is 1. The van der Waals surface area contributed by atoms with E-state index in [0.717, 1.165) is 12.8 Å². The van der Waals surface area contributed by atoms with Crippen molar-refractivity contribution >= 4 is 27.9 Å². The van der Waals surface area contributed by atoms with E-state index in [0.29, 0.717) is 10.8 Å². The van der Waals surface area contributed by atoms with E-state index in [4.69, 9.17) is 0 Å². The van der Waals surface area contributed by atoms with Crippen LogP contribution in [0.5, 0.6) is 0 Å². The lowest BCUT2D eigenvalue weighted by Gasteiger charge is -2.12. The molecule has 0 saturated carbocycles. The van der Waals surface area contributed by atoms with Crippen LogP contribution in [0.3, 0.4) is 0 Å². The third-order valence-corrected chi connectivity index (χ3v) is 4.04. The predicted molar refractivity (Wildman–Crippen MR) is 81.6 cm³/mol. The van der Waals surface area contributed by atoms with Crippen molar-refractivity contribution in [3.8, 4) is 0 Å². The van der Waals surface area contributed by atoms with Gasteiger partial charge in [0.1, 0.15) is 6.20 Å². The summed E-state index contributed by atoms with van der Waals surface area (Å²) in [5, 5.41) is 16.2. The summed E-state index contributed by atoms with van der Waals surface area (Å²) in [6.07, 6.45) is 7.49. The number of thiazole rings is 1. The molecular weight excluding hydrogens is 276 g/mol. The van der Waals surface area contributed by atoms with Crippen molar-refractivity contribution < 1.29 is 4.92 Å². The topological polar surface area (TPSA) is 72.5 Å². The normalized spacial score (nSPS) is 12.7. The number of unbranched alkanes of at least 4 members (excludes halogenated alkanes) is 3. The van der Waals surface area contributed by atoms with Gasteiger partial charge in [0.2, 0.25) is 5.82 Å². The van der Waals surface area contributed by atoms with Crippen LogP contribution in [0.15, 0.2) is 11.6 Å². The van der Waals surface area contributed by atoms with Crippen LogP contribution in [-0.4, -0.2) is 20.3 Å². The molecule has 0 aliphatic carbocycles. The van der Waals surface area contributed by atoms with Crippen LogP contribution in [0.25, 0.3) is 4.96 Å². The number of hydrogen-bond acceptors (Lipinski definition) is 5. The summed E-state index contributed by atoms with van der Waals surface area (Å²) in [4.78, 5) is 15.8. The Bertz CT molecular complexity index is 578. The van der Waals surface area contributed by atoms with E-state index in [-0.39, 0.29) is 16.8 Å². The molecule has 1 atom stereocenters. The van der Waals surface area contributed by atoms with E-state index in [1.807, 2.05) is 6.92 Å². The molecule has 0 aliphatic heterocycles. The fourth-order valence-corrected chi connectivity index (χ4v) is 2.94. The van der Waals surface area contributed by atoms with Crippen molar-refractivity contribution in [2.24, 2.45) is 0 Å². The zero-order valence-corrected chi connectivity index (χ0v) is 12.7. The molecule has 0 fully saturated rings. The highest BCUT2D eigenvalue weighted by molar-refractivity contribution is 7.15. The number of anilines is 1. The molecule has 2 aromatic rings. The van der Waals surface area contributed by atoms with Gasteiger partial charge in [0, 0.05) is 11.4 Å².